The van der Waals surface area contributed by atoms with Gasteiger partial charge in [-0.2, -0.15) is 0 Å². The Morgan fingerprint density at radius 1 is 0.794 bits per heavy atom. The maximum Gasteiger partial charge on any atom is 0.474 e. The summed E-state index contributed by atoms with van der Waals surface area (Å²) in [5.41, 5.74) is 0.859. The van der Waals surface area contributed by atoms with Gasteiger partial charge in [-0.1, -0.05) is 64.4 Å². The lowest BCUT2D eigenvalue weighted by molar-refractivity contribution is -0.890. The molecule has 0 aliphatic carbocycles. The average Bonchev–Trinajstić information content (AvgIpc) is 2.80. The maximum atomic E-state index is 12.7. The molecule has 0 heterocycles. The summed E-state index contributed by atoms with van der Waals surface area (Å²) < 4.78 is 29.5. The van der Waals surface area contributed by atoms with Crippen LogP contribution in [0.15, 0.2) is 18.2 Å². The first kappa shape index (κ1) is 30.9. The molecule has 7 nitrogen and oxygen atoms in total. The minimum absolute atomic E-state index is 0.147. The molecule has 0 bridgehead atoms. The quantitative estimate of drug-likeness (QED) is 0.0831. The van der Waals surface area contributed by atoms with Gasteiger partial charge in [0.05, 0.1) is 27.2 Å². The van der Waals surface area contributed by atoms with Gasteiger partial charge in [0.2, 0.25) is 0 Å². The van der Waals surface area contributed by atoms with E-state index in [-0.39, 0.29) is 18.1 Å². The number of aryl methyl sites for hydroxylation is 1. The van der Waals surface area contributed by atoms with Gasteiger partial charge >= 0.3 is 7.82 Å². The van der Waals surface area contributed by atoms with Crippen molar-refractivity contribution in [2.75, 3.05) is 47.5 Å². The Labute approximate surface area is 207 Å². The fraction of sp³-hybridized carbons (Fsp3) is 0.769. The van der Waals surface area contributed by atoms with Gasteiger partial charge in [-0.25, -0.2) is 4.57 Å². The van der Waals surface area contributed by atoms with E-state index in [4.69, 9.17) is 13.6 Å². The summed E-state index contributed by atoms with van der Waals surface area (Å²) in [6.07, 6.45) is 14.5. The van der Waals surface area contributed by atoms with Crippen LogP contribution in [0.2, 0.25) is 0 Å². The summed E-state index contributed by atoms with van der Waals surface area (Å²) in [6, 6.07) is 4.69. The summed E-state index contributed by atoms with van der Waals surface area (Å²) in [7, 11) is 2.10. The minimum Gasteiger partial charge on any atom is -0.504 e. The van der Waals surface area contributed by atoms with Gasteiger partial charge in [-0.05, 0) is 43.4 Å². The molecule has 1 aromatic carbocycles. The van der Waals surface area contributed by atoms with Crippen molar-refractivity contribution in [2.24, 2.45) is 0 Å². The second-order valence-electron chi connectivity index (χ2n) is 9.79. The number of likely N-dealkylation sites (N-methyl/N-ethyl adjacent to an activating group) is 1. The van der Waals surface area contributed by atoms with Crippen molar-refractivity contribution in [3.8, 4) is 11.5 Å². The van der Waals surface area contributed by atoms with Gasteiger partial charge in [0.15, 0.2) is 11.5 Å². The number of quaternary nitrogens is 1. The topological polar surface area (TPSA) is 85.2 Å². The number of hydrogen-bond donors (Lipinski definition) is 2. The number of hydrogen-bond acceptors (Lipinski definition) is 6. The van der Waals surface area contributed by atoms with E-state index in [9.17, 15) is 14.8 Å². The normalized spacial score (nSPS) is 13.8. The lowest BCUT2D eigenvalue weighted by Gasteiger charge is -2.30. The van der Waals surface area contributed by atoms with E-state index in [0.29, 0.717) is 19.4 Å². The highest BCUT2D eigenvalue weighted by Gasteiger charge is 2.26. The van der Waals surface area contributed by atoms with E-state index in [0.717, 1.165) is 23.1 Å². The highest BCUT2D eigenvalue weighted by Crippen LogP contribution is 2.48. The average molecular weight is 503 g/mol. The third kappa shape index (κ3) is 14.3. The second-order valence-corrected chi connectivity index (χ2v) is 11.6. The van der Waals surface area contributed by atoms with Crippen molar-refractivity contribution in [3.63, 3.8) is 0 Å². The van der Waals surface area contributed by atoms with Gasteiger partial charge in [0, 0.05) is 7.11 Å². The fourth-order valence-corrected chi connectivity index (χ4v) is 4.80. The van der Waals surface area contributed by atoms with E-state index in [1.54, 1.807) is 6.07 Å². The van der Waals surface area contributed by atoms with Gasteiger partial charge in [-0.3, -0.25) is 13.6 Å². The summed E-state index contributed by atoms with van der Waals surface area (Å²) in [6.45, 7) is 4.58. The molecule has 0 saturated heterocycles. The number of phosphoric ester groups is 1. The van der Waals surface area contributed by atoms with Gasteiger partial charge in [0.25, 0.3) is 0 Å². The van der Waals surface area contributed by atoms with Crippen LogP contribution in [0.5, 0.6) is 11.5 Å². The molecule has 1 unspecified atom stereocenters. The van der Waals surface area contributed by atoms with Crippen LogP contribution in [0.1, 0.15) is 83.1 Å². The van der Waals surface area contributed by atoms with E-state index in [1.165, 1.54) is 83.5 Å². The van der Waals surface area contributed by atoms with Gasteiger partial charge < -0.3 is 14.7 Å². The van der Waals surface area contributed by atoms with Gasteiger partial charge in [0.1, 0.15) is 13.2 Å². The minimum atomic E-state index is -3.58. The molecule has 0 saturated carbocycles. The van der Waals surface area contributed by atoms with Crippen LogP contribution in [0.4, 0.5) is 0 Å². The Balaban J connectivity index is 2.16. The highest BCUT2D eigenvalue weighted by molar-refractivity contribution is 7.48. The molecule has 1 atom stereocenters. The molecule has 0 spiro atoms. The molecule has 0 aliphatic rings. The predicted octanol–water partition coefficient (Wildman–Crippen LogP) is 6.82. The molecule has 8 heteroatoms. The number of rotatable bonds is 21. The number of aromatic hydroxyl groups is 2. The number of phosphoric acid groups is 1. The zero-order chi connectivity index (χ0) is 25.3. The summed E-state index contributed by atoms with van der Waals surface area (Å²) in [5.74, 6) is -0.297. The lowest BCUT2D eigenvalue weighted by atomic mass is 10.1. The molecule has 0 aliphatic heterocycles. The highest BCUT2D eigenvalue weighted by atomic mass is 31.2. The lowest BCUT2D eigenvalue weighted by Crippen LogP contribution is -2.42. The van der Waals surface area contributed by atoms with Crippen molar-refractivity contribution in [1.82, 2.24) is 0 Å². The second kappa shape index (κ2) is 17.3. The predicted molar refractivity (Wildman–Crippen MR) is 138 cm³/mol. The molecule has 198 valence electrons. The van der Waals surface area contributed by atoms with Crippen molar-refractivity contribution in [2.45, 2.75) is 84.0 Å². The zero-order valence-corrected chi connectivity index (χ0v) is 22.9. The van der Waals surface area contributed by atoms with Crippen molar-refractivity contribution >= 4 is 7.82 Å². The molecular weight excluding hydrogens is 453 g/mol. The number of phenolic OH excluding ortho intramolecular Hbond substituents is 2. The monoisotopic (exact) mass is 502 g/mol. The van der Waals surface area contributed by atoms with Crippen LogP contribution >= 0.6 is 7.82 Å². The molecule has 0 fully saturated rings. The van der Waals surface area contributed by atoms with Crippen molar-refractivity contribution in [3.05, 3.63) is 23.8 Å². The first-order chi connectivity index (χ1) is 16.2. The van der Waals surface area contributed by atoms with Crippen LogP contribution in [-0.4, -0.2) is 62.2 Å². The summed E-state index contributed by atoms with van der Waals surface area (Å²) >= 11 is 0. The zero-order valence-electron chi connectivity index (χ0n) is 22.0. The third-order valence-corrected chi connectivity index (χ3v) is 7.63. The molecule has 2 N–H and O–H groups in total. The standard InChI is InChI=1S/C26H48NO6P/c1-5-6-7-8-9-10-11-12-13-14-19-27(2,3)20-22-33-34(30,31-4)32-21-15-16-24-17-18-25(28)26(29)23-24/h17-18,23H,5-16,19-22H2,1-4H3,(H-,28,29)/p+1. The van der Waals surface area contributed by atoms with Crippen LogP contribution in [0.25, 0.3) is 0 Å². The summed E-state index contributed by atoms with van der Waals surface area (Å²) in [4.78, 5) is 0. The van der Waals surface area contributed by atoms with E-state index >= 15 is 0 Å². The molecule has 1 rings (SSSR count). The fourth-order valence-electron chi connectivity index (χ4n) is 3.86. The first-order valence-corrected chi connectivity index (χ1v) is 14.4. The Morgan fingerprint density at radius 3 is 1.97 bits per heavy atom. The number of phenols is 2. The van der Waals surface area contributed by atoms with Crippen LogP contribution in [0.3, 0.4) is 0 Å². The van der Waals surface area contributed by atoms with E-state index in [1.807, 2.05) is 0 Å². The molecule has 0 aromatic heterocycles. The van der Waals surface area contributed by atoms with Crippen LogP contribution in [-0.2, 0) is 24.6 Å². The Bertz CT molecular complexity index is 713. The number of nitrogens with zero attached hydrogens (tertiary/aromatic N) is 1. The summed E-state index contributed by atoms with van der Waals surface area (Å²) in [5, 5.41) is 18.9. The largest absolute Gasteiger partial charge is 0.504 e. The van der Waals surface area contributed by atoms with Crippen molar-refractivity contribution in [1.29, 1.82) is 0 Å². The third-order valence-electron chi connectivity index (χ3n) is 6.19. The van der Waals surface area contributed by atoms with Crippen molar-refractivity contribution < 1.29 is 32.8 Å². The molecular formula is C26H49NO6P+. The molecule has 0 amide bonds. The number of benzene rings is 1. The Kier molecular flexibility index (Phi) is 15.8. The molecule has 1 aromatic rings. The number of unbranched alkanes of at least 4 members (excludes halogenated alkanes) is 9. The Morgan fingerprint density at radius 2 is 1.38 bits per heavy atom. The molecule has 34 heavy (non-hydrogen) atoms. The Hall–Kier alpha value is -1.11. The van der Waals surface area contributed by atoms with Gasteiger partial charge in [-0.15, -0.1) is 0 Å². The first-order valence-electron chi connectivity index (χ1n) is 13.0. The van der Waals surface area contributed by atoms with Crippen LogP contribution < -0.4 is 0 Å². The van der Waals surface area contributed by atoms with E-state index < -0.39 is 7.82 Å². The SMILES string of the molecule is CCCCCCCCCCCC[N+](C)(C)CCOP(=O)(OC)OCCCc1ccc(O)c(O)c1. The van der Waals surface area contributed by atoms with Crippen LogP contribution in [0, 0.1) is 0 Å². The smallest absolute Gasteiger partial charge is 0.474 e. The molecule has 0 radical (unpaired) electrons. The van der Waals surface area contributed by atoms with E-state index in [2.05, 4.69) is 21.0 Å². The maximum absolute atomic E-state index is 12.7.